The van der Waals surface area contributed by atoms with Crippen molar-refractivity contribution >= 4 is 38.0 Å². The van der Waals surface area contributed by atoms with Crippen molar-refractivity contribution in [2.45, 2.75) is 12.5 Å². The average molecular weight is 376 g/mol. The summed E-state index contributed by atoms with van der Waals surface area (Å²) < 4.78 is 35.3. The van der Waals surface area contributed by atoms with E-state index in [0.29, 0.717) is 19.5 Å². The molecule has 1 aliphatic rings. The lowest BCUT2D eigenvalue weighted by Crippen LogP contribution is -2.57. The van der Waals surface area contributed by atoms with Gasteiger partial charge in [-0.3, -0.25) is 0 Å². The Morgan fingerprint density at radius 1 is 1.46 bits per heavy atom. The van der Waals surface area contributed by atoms with Crippen molar-refractivity contribution in [1.82, 2.24) is 28.5 Å². The standard InChI is InChI=1S/C16H20N6O3S/c1-11(3-6-20-26(23,24)21-8-12(9-21)25-2)22-10-19-14-7-18-16-13(15(14)22)4-5-17-16/h4-5,7,10,12,20H,1,3,6,8-9H2,2H3,(H,17,18). The monoisotopic (exact) mass is 376 g/mol. The van der Waals surface area contributed by atoms with Crippen LogP contribution in [0.15, 0.2) is 31.4 Å². The number of aromatic nitrogens is 4. The smallest absolute Gasteiger partial charge is 0.279 e. The fraction of sp³-hybridized carbons (Fsp3) is 0.375. The summed E-state index contributed by atoms with van der Waals surface area (Å²) in [4.78, 5) is 11.8. The van der Waals surface area contributed by atoms with Crippen molar-refractivity contribution in [2.75, 3.05) is 26.7 Å². The molecule has 0 unspecified atom stereocenters. The van der Waals surface area contributed by atoms with Gasteiger partial charge in [0.15, 0.2) is 0 Å². The highest BCUT2D eigenvalue weighted by Gasteiger charge is 2.35. The predicted molar refractivity (Wildman–Crippen MR) is 98.6 cm³/mol. The van der Waals surface area contributed by atoms with Gasteiger partial charge in [0, 0.05) is 50.4 Å². The summed E-state index contributed by atoms with van der Waals surface area (Å²) in [7, 11) is -1.90. The Hall–Kier alpha value is -2.27. The molecule has 10 heteroatoms. The first kappa shape index (κ1) is 17.2. The Morgan fingerprint density at radius 2 is 2.27 bits per heavy atom. The van der Waals surface area contributed by atoms with E-state index >= 15 is 0 Å². The highest BCUT2D eigenvalue weighted by atomic mass is 32.2. The minimum absolute atomic E-state index is 0.0174. The van der Waals surface area contributed by atoms with Gasteiger partial charge >= 0.3 is 0 Å². The second-order valence-electron chi connectivity index (χ2n) is 6.24. The molecule has 2 N–H and O–H groups in total. The molecule has 26 heavy (non-hydrogen) atoms. The van der Waals surface area contributed by atoms with E-state index in [1.807, 2.05) is 16.8 Å². The summed E-state index contributed by atoms with van der Waals surface area (Å²) in [5.41, 5.74) is 3.21. The van der Waals surface area contributed by atoms with Gasteiger partial charge in [0.05, 0.1) is 17.8 Å². The lowest BCUT2D eigenvalue weighted by molar-refractivity contribution is 0.0119. The molecule has 0 bridgehead atoms. The van der Waals surface area contributed by atoms with Crippen LogP contribution in [-0.4, -0.2) is 65.1 Å². The predicted octanol–water partition coefficient (Wildman–Crippen LogP) is 0.938. The number of aromatic amines is 1. The van der Waals surface area contributed by atoms with E-state index in [1.165, 1.54) is 4.31 Å². The van der Waals surface area contributed by atoms with E-state index in [4.69, 9.17) is 4.74 Å². The molecule has 1 fully saturated rings. The SMILES string of the molecule is C=C(CCNS(=O)(=O)N1CC(OC)C1)n1cnc2cnc3[nH]ccc3c21. The first-order valence-electron chi connectivity index (χ1n) is 8.24. The van der Waals surface area contributed by atoms with Crippen LogP contribution in [0.2, 0.25) is 0 Å². The van der Waals surface area contributed by atoms with Crippen LogP contribution in [0.25, 0.3) is 27.8 Å². The van der Waals surface area contributed by atoms with E-state index in [0.717, 1.165) is 27.8 Å². The number of H-pyrrole nitrogens is 1. The van der Waals surface area contributed by atoms with Gasteiger partial charge in [-0.05, 0) is 6.07 Å². The van der Waals surface area contributed by atoms with Crippen LogP contribution < -0.4 is 4.72 Å². The number of fused-ring (bicyclic) bond motifs is 3. The second kappa shape index (κ2) is 6.47. The first-order valence-corrected chi connectivity index (χ1v) is 9.68. The molecule has 0 aliphatic carbocycles. The quantitative estimate of drug-likeness (QED) is 0.638. The Kier molecular flexibility index (Phi) is 4.27. The molecule has 9 nitrogen and oxygen atoms in total. The van der Waals surface area contributed by atoms with Crippen LogP contribution >= 0.6 is 0 Å². The van der Waals surface area contributed by atoms with Crippen LogP contribution in [0.3, 0.4) is 0 Å². The van der Waals surface area contributed by atoms with Crippen molar-refractivity contribution in [3.8, 4) is 0 Å². The van der Waals surface area contributed by atoms with Gasteiger partial charge in [-0.25, -0.2) is 14.7 Å². The number of hydrogen-bond donors (Lipinski definition) is 2. The number of pyridine rings is 1. The van der Waals surface area contributed by atoms with Gasteiger partial charge in [0.25, 0.3) is 10.2 Å². The molecule has 0 atom stereocenters. The fourth-order valence-corrected chi connectivity index (χ4v) is 4.30. The fourth-order valence-electron chi connectivity index (χ4n) is 3.03. The molecule has 4 heterocycles. The molecule has 0 spiro atoms. The number of hydrogen-bond acceptors (Lipinski definition) is 5. The Labute approximate surface area is 150 Å². The Balaban J connectivity index is 1.44. The Bertz CT molecular complexity index is 1060. The zero-order chi connectivity index (χ0) is 18.3. The normalized spacial score (nSPS) is 16.3. The van der Waals surface area contributed by atoms with E-state index in [2.05, 4.69) is 26.3 Å². The molecule has 1 aliphatic heterocycles. The summed E-state index contributed by atoms with van der Waals surface area (Å²) in [6.45, 7) is 5.12. The van der Waals surface area contributed by atoms with Crippen LogP contribution in [-0.2, 0) is 14.9 Å². The zero-order valence-corrected chi connectivity index (χ0v) is 15.2. The summed E-state index contributed by atoms with van der Waals surface area (Å²) in [6.07, 6.45) is 5.66. The minimum atomic E-state index is -3.48. The third-order valence-electron chi connectivity index (χ3n) is 4.62. The van der Waals surface area contributed by atoms with E-state index in [1.54, 1.807) is 19.6 Å². The number of nitrogens with one attached hydrogen (secondary N) is 2. The minimum Gasteiger partial charge on any atom is -0.379 e. The molecular weight excluding hydrogens is 356 g/mol. The summed E-state index contributed by atoms with van der Waals surface area (Å²) in [6, 6.07) is 1.94. The third-order valence-corrected chi connectivity index (χ3v) is 6.17. The third kappa shape index (κ3) is 2.90. The van der Waals surface area contributed by atoms with Gasteiger partial charge in [-0.15, -0.1) is 0 Å². The molecule has 4 rings (SSSR count). The van der Waals surface area contributed by atoms with Crippen LogP contribution in [0.4, 0.5) is 0 Å². The van der Waals surface area contributed by atoms with Gasteiger partial charge < -0.3 is 14.3 Å². The highest BCUT2D eigenvalue weighted by molar-refractivity contribution is 7.87. The second-order valence-corrected chi connectivity index (χ2v) is 7.99. The van der Waals surface area contributed by atoms with Crippen LogP contribution in [0.5, 0.6) is 0 Å². The molecular formula is C16H20N6O3S. The van der Waals surface area contributed by atoms with Gasteiger partial charge in [0.1, 0.15) is 17.5 Å². The van der Waals surface area contributed by atoms with Gasteiger partial charge in [-0.2, -0.15) is 12.7 Å². The van der Waals surface area contributed by atoms with Gasteiger partial charge in [0.2, 0.25) is 0 Å². The van der Waals surface area contributed by atoms with E-state index < -0.39 is 10.2 Å². The molecule has 0 saturated carbocycles. The van der Waals surface area contributed by atoms with E-state index in [9.17, 15) is 8.42 Å². The highest BCUT2D eigenvalue weighted by Crippen LogP contribution is 2.25. The largest absolute Gasteiger partial charge is 0.379 e. The topological polar surface area (TPSA) is 105 Å². The van der Waals surface area contributed by atoms with E-state index in [-0.39, 0.29) is 12.6 Å². The van der Waals surface area contributed by atoms with Crippen LogP contribution in [0, 0.1) is 0 Å². The van der Waals surface area contributed by atoms with Crippen molar-refractivity contribution in [2.24, 2.45) is 0 Å². The summed E-state index contributed by atoms with van der Waals surface area (Å²) in [5, 5.41) is 0.952. The average Bonchev–Trinajstić information content (AvgIpc) is 3.19. The molecule has 1 saturated heterocycles. The van der Waals surface area contributed by atoms with Crippen LogP contribution in [0.1, 0.15) is 6.42 Å². The number of nitrogens with zero attached hydrogens (tertiary/aromatic N) is 4. The van der Waals surface area contributed by atoms with Crippen molar-refractivity contribution in [3.05, 3.63) is 31.4 Å². The number of imidazole rings is 1. The maximum Gasteiger partial charge on any atom is 0.279 e. The molecule has 0 aromatic carbocycles. The molecule has 3 aromatic heterocycles. The summed E-state index contributed by atoms with van der Waals surface area (Å²) in [5.74, 6) is 0. The lowest BCUT2D eigenvalue weighted by Gasteiger charge is -2.36. The first-order chi connectivity index (χ1) is 12.5. The lowest BCUT2D eigenvalue weighted by atomic mass is 10.2. The van der Waals surface area contributed by atoms with Gasteiger partial charge in [-0.1, -0.05) is 6.58 Å². The maximum atomic E-state index is 12.2. The zero-order valence-electron chi connectivity index (χ0n) is 14.3. The number of methoxy groups -OCH3 is 1. The molecule has 138 valence electrons. The molecule has 0 radical (unpaired) electrons. The van der Waals surface area contributed by atoms with Crippen molar-refractivity contribution in [1.29, 1.82) is 0 Å². The molecule has 3 aromatic rings. The maximum absolute atomic E-state index is 12.2. The van der Waals surface area contributed by atoms with Crippen molar-refractivity contribution < 1.29 is 13.2 Å². The Morgan fingerprint density at radius 3 is 3.04 bits per heavy atom. The number of ether oxygens (including phenoxy) is 1. The van der Waals surface area contributed by atoms with Crippen molar-refractivity contribution in [3.63, 3.8) is 0 Å². The summed E-state index contributed by atoms with van der Waals surface area (Å²) >= 11 is 0. The molecule has 0 amide bonds. The number of rotatable bonds is 7.